The van der Waals surface area contributed by atoms with Crippen LogP contribution in [0.5, 0.6) is 5.75 Å². The molecule has 0 fully saturated rings. The first-order chi connectivity index (χ1) is 15.2. The summed E-state index contributed by atoms with van der Waals surface area (Å²) in [5, 5.41) is 11.1. The molecule has 1 N–H and O–H groups in total. The molecule has 0 unspecified atom stereocenters. The number of aromatic nitrogens is 5. The summed E-state index contributed by atoms with van der Waals surface area (Å²) in [6.45, 7) is 0.770. The quantitative estimate of drug-likeness (QED) is 0.472. The fourth-order valence-electron chi connectivity index (χ4n) is 2.93. The van der Waals surface area contributed by atoms with E-state index in [1.807, 2.05) is 30.3 Å². The third-order valence-corrected chi connectivity index (χ3v) is 4.40. The fourth-order valence-corrected chi connectivity index (χ4v) is 2.93. The number of benzene rings is 2. The second kappa shape index (κ2) is 9.49. The van der Waals surface area contributed by atoms with Crippen molar-refractivity contribution in [3.63, 3.8) is 0 Å². The molecule has 9 heteroatoms. The number of anilines is 1. The van der Waals surface area contributed by atoms with Gasteiger partial charge in [0.15, 0.2) is 0 Å². The normalized spacial score (nSPS) is 10.6. The standard InChI is InChI=1S/C22H20N6O3/c29-21(14-28-22(30)10-9-20(26-28)17-5-2-1-3-6-17)25-18-7-4-8-19(13-18)31-12-11-27-16-23-15-24-27/h1-10,13,15-16H,11-12,14H2,(H,25,29). The van der Waals surface area contributed by atoms with Crippen molar-refractivity contribution in [1.29, 1.82) is 0 Å². The molecular weight excluding hydrogens is 396 g/mol. The molecule has 2 aromatic carbocycles. The van der Waals surface area contributed by atoms with Crippen LogP contribution in [-0.4, -0.2) is 37.1 Å². The molecule has 9 nitrogen and oxygen atoms in total. The smallest absolute Gasteiger partial charge is 0.267 e. The molecule has 2 heterocycles. The lowest BCUT2D eigenvalue weighted by Gasteiger charge is -2.10. The van der Waals surface area contributed by atoms with E-state index in [2.05, 4.69) is 20.5 Å². The average Bonchev–Trinajstić information content (AvgIpc) is 3.30. The molecule has 4 rings (SSSR count). The van der Waals surface area contributed by atoms with E-state index in [9.17, 15) is 9.59 Å². The molecule has 0 radical (unpaired) electrons. The van der Waals surface area contributed by atoms with Crippen molar-refractivity contribution in [3.8, 4) is 17.0 Å². The molecule has 156 valence electrons. The van der Waals surface area contributed by atoms with Gasteiger partial charge in [-0.1, -0.05) is 36.4 Å². The van der Waals surface area contributed by atoms with Crippen LogP contribution < -0.4 is 15.6 Å². The zero-order valence-corrected chi connectivity index (χ0v) is 16.6. The second-order valence-corrected chi connectivity index (χ2v) is 6.66. The number of carbonyl (C=O) groups is 1. The van der Waals surface area contributed by atoms with Crippen LogP contribution in [0, 0.1) is 0 Å². The SMILES string of the molecule is O=C(Cn1nc(-c2ccccc2)ccc1=O)Nc1cccc(OCCn2cncn2)c1. The predicted octanol–water partition coefficient (Wildman–Crippen LogP) is 2.22. The number of amides is 1. The molecule has 31 heavy (non-hydrogen) atoms. The molecular formula is C22H20N6O3. The van der Waals surface area contributed by atoms with E-state index in [0.717, 1.165) is 10.2 Å². The lowest BCUT2D eigenvalue weighted by atomic mass is 10.1. The van der Waals surface area contributed by atoms with Gasteiger partial charge in [0, 0.05) is 23.4 Å². The Bertz CT molecular complexity index is 1210. The molecule has 0 saturated heterocycles. The van der Waals surface area contributed by atoms with E-state index in [1.165, 1.54) is 12.4 Å². The van der Waals surface area contributed by atoms with Gasteiger partial charge < -0.3 is 10.1 Å². The van der Waals surface area contributed by atoms with Gasteiger partial charge >= 0.3 is 0 Å². The van der Waals surface area contributed by atoms with E-state index in [4.69, 9.17) is 4.74 Å². The molecule has 0 saturated carbocycles. The Balaban J connectivity index is 1.38. The van der Waals surface area contributed by atoms with Crippen molar-refractivity contribution >= 4 is 11.6 Å². The lowest BCUT2D eigenvalue weighted by Crippen LogP contribution is -2.29. The van der Waals surface area contributed by atoms with Crippen molar-refractivity contribution < 1.29 is 9.53 Å². The minimum absolute atomic E-state index is 0.198. The fraction of sp³-hybridized carbons (Fsp3) is 0.136. The number of rotatable bonds is 8. The molecule has 4 aromatic rings. The van der Waals surface area contributed by atoms with Gasteiger partial charge in [-0.25, -0.2) is 14.3 Å². The van der Waals surface area contributed by atoms with Gasteiger partial charge in [0.2, 0.25) is 5.91 Å². The minimum Gasteiger partial charge on any atom is -0.492 e. The van der Waals surface area contributed by atoms with Crippen LogP contribution in [0.15, 0.2) is 84.2 Å². The van der Waals surface area contributed by atoms with Crippen LogP contribution >= 0.6 is 0 Å². The highest BCUT2D eigenvalue weighted by Crippen LogP contribution is 2.18. The Hall–Kier alpha value is -4.27. The van der Waals surface area contributed by atoms with Crippen LogP contribution in [0.3, 0.4) is 0 Å². The van der Waals surface area contributed by atoms with E-state index >= 15 is 0 Å². The molecule has 0 aliphatic rings. The number of carbonyl (C=O) groups excluding carboxylic acids is 1. The van der Waals surface area contributed by atoms with Crippen LogP contribution in [0.1, 0.15) is 0 Å². The van der Waals surface area contributed by atoms with Crippen molar-refractivity contribution in [2.24, 2.45) is 0 Å². The van der Waals surface area contributed by atoms with Crippen molar-refractivity contribution in [3.05, 3.63) is 89.7 Å². The van der Waals surface area contributed by atoms with E-state index < -0.39 is 0 Å². The summed E-state index contributed by atoms with van der Waals surface area (Å²) in [7, 11) is 0. The maximum absolute atomic E-state index is 12.5. The van der Waals surface area contributed by atoms with Crippen molar-refractivity contribution in [1.82, 2.24) is 24.5 Å². The first-order valence-electron chi connectivity index (χ1n) is 9.66. The monoisotopic (exact) mass is 416 g/mol. The lowest BCUT2D eigenvalue weighted by molar-refractivity contribution is -0.117. The van der Waals surface area contributed by atoms with Crippen LogP contribution in [-0.2, 0) is 17.9 Å². The summed E-state index contributed by atoms with van der Waals surface area (Å²) < 4.78 is 8.51. The molecule has 0 atom stereocenters. The molecule has 0 bridgehead atoms. The summed E-state index contributed by atoms with van der Waals surface area (Å²) in [6, 6.07) is 19.6. The van der Waals surface area contributed by atoms with Crippen LogP contribution in [0.25, 0.3) is 11.3 Å². The van der Waals surface area contributed by atoms with Crippen LogP contribution in [0.2, 0.25) is 0 Å². The number of hydrogen-bond donors (Lipinski definition) is 1. The number of hydrogen-bond acceptors (Lipinski definition) is 6. The van der Waals surface area contributed by atoms with E-state index in [1.54, 1.807) is 41.3 Å². The van der Waals surface area contributed by atoms with Gasteiger partial charge in [0.25, 0.3) is 5.56 Å². The number of ether oxygens (including phenoxy) is 1. The maximum atomic E-state index is 12.5. The largest absolute Gasteiger partial charge is 0.492 e. The third kappa shape index (κ3) is 5.41. The summed E-state index contributed by atoms with van der Waals surface area (Å²) in [5.41, 5.74) is 1.71. The molecule has 0 aliphatic heterocycles. The molecule has 0 spiro atoms. The van der Waals surface area contributed by atoms with E-state index in [-0.39, 0.29) is 18.0 Å². The first kappa shape index (κ1) is 20.0. The first-order valence-corrected chi connectivity index (χ1v) is 9.66. The summed E-state index contributed by atoms with van der Waals surface area (Å²) in [6.07, 6.45) is 3.08. The second-order valence-electron chi connectivity index (χ2n) is 6.66. The summed E-state index contributed by atoms with van der Waals surface area (Å²) >= 11 is 0. The molecule has 2 aromatic heterocycles. The van der Waals surface area contributed by atoms with E-state index in [0.29, 0.717) is 30.3 Å². The molecule has 0 aliphatic carbocycles. The van der Waals surface area contributed by atoms with Crippen LogP contribution in [0.4, 0.5) is 5.69 Å². The third-order valence-electron chi connectivity index (χ3n) is 4.40. The van der Waals surface area contributed by atoms with Gasteiger partial charge in [0.05, 0.1) is 12.2 Å². The highest BCUT2D eigenvalue weighted by atomic mass is 16.5. The van der Waals surface area contributed by atoms with Gasteiger partial charge in [-0.05, 0) is 18.2 Å². The Kier molecular flexibility index (Phi) is 6.13. The Morgan fingerprint density at radius 3 is 2.71 bits per heavy atom. The van der Waals surface area contributed by atoms with Crippen molar-refractivity contribution in [2.75, 3.05) is 11.9 Å². The average molecular weight is 416 g/mol. The number of nitrogens with one attached hydrogen (secondary N) is 1. The minimum atomic E-state index is -0.362. The maximum Gasteiger partial charge on any atom is 0.267 e. The van der Waals surface area contributed by atoms with Crippen molar-refractivity contribution in [2.45, 2.75) is 13.1 Å². The zero-order chi connectivity index (χ0) is 21.5. The Morgan fingerprint density at radius 1 is 1.03 bits per heavy atom. The number of nitrogens with zero attached hydrogens (tertiary/aromatic N) is 5. The topological polar surface area (TPSA) is 104 Å². The highest BCUT2D eigenvalue weighted by Gasteiger charge is 2.09. The zero-order valence-electron chi connectivity index (χ0n) is 16.6. The van der Waals surface area contributed by atoms with Gasteiger partial charge in [-0.15, -0.1) is 0 Å². The van der Waals surface area contributed by atoms with Gasteiger partial charge in [-0.2, -0.15) is 10.2 Å². The Morgan fingerprint density at radius 2 is 1.90 bits per heavy atom. The predicted molar refractivity (Wildman–Crippen MR) is 115 cm³/mol. The Labute approximate surface area is 177 Å². The summed E-state index contributed by atoms with van der Waals surface area (Å²) in [5.74, 6) is 0.249. The molecule has 1 amide bonds. The van der Waals surface area contributed by atoms with Gasteiger partial charge in [0.1, 0.15) is 31.6 Å². The highest BCUT2D eigenvalue weighted by molar-refractivity contribution is 5.90. The summed E-state index contributed by atoms with van der Waals surface area (Å²) in [4.78, 5) is 28.5. The van der Waals surface area contributed by atoms with Gasteiger partial charge in [-0.3, -0.25) is 9.59 Å².